The van der Waals surface area contributed by atoms with Crippen LogP contribution in [-0.2, 0) is 11.4 Å². The monoisotopic (exact) mass is 817 g/mol. The summed E-state index contributed by atoms with van der Waals surface area (Å²) >= 11 is 6.09. The van der Waals surface area contributed by atoms with Crippen molar-refractivity contribution in [3.63, 3.8) is 0 Å². The third-order valence-corrected chi connectivity index (χ3v) is 11.2. The second kappa shape index (κ2) is 14.1. The number of rotatable bonds is 8. The maximum Gasteiger partial charge on any atom is 0.264 e. The molecule has 292 valence electrons. The Labute approximate surface area is 349 Å². The summed E-state index contributed by atoms with van der Waals surface area (Å²) in [6.45, 7) is 0.0233. The SMILES string of the molecule is O=C1c2cc(N=Nc3c(O)c(CONc4cccc(Cl)c4)cc4ccccc34)ccc2-c2ccc(N=Nc3c(O)cc4c5c3cccc5c(=O)n3c5ccccc5nc43)cc21. The minimum absolute atomic E-state index is 0.0233. The second-order valence-corrected chi connectivity index (χ2v) is 15.1. The molecule has 8 aromatic carbocycles. The van der Waals surface area contributed by atoms with Crippen molar-refractivity contribution in [3.05, 3.63) is 172 Å². The van der Waals surface area contributed by atoms with E-state index in [0.29, 0.717) is 82.4 Å². The van der Waals surface area contributed by atoms with Crippen LogP contribution in [-0.4, -0.2) is 25.4 Å². The van der Waals surface area contributed by atoms with Crippen LogP contribution >= 0.6 is 11.6 Å². The standard InChI is InChI=1S/C48H28ClN7O5/c49-27-8-5-9-30(20-27)55-61-24-26-19-25-7-1-2-10-31(25)44(45(26)58)54-52-29-16-18-33-32-17-15-28(21-36(32)46(59)37(33)22-29)51-53-43-34-11-6-12-35-42(34)38(23-41(43)57)47-50-39-13-3-4-14-40(39)56(47)48(35)60/h1-23,55,57-58H,24H2. The number of hydrogen-bond acceptors (Lipinski definition) is 11. The first-order valence-corrected chi connectivity index (χ1v) is 19.5. The zero-order valence-corrected chi connectivity index (χ0v) is 32.4. The van der Waals surface area contributed by atoms with E-state index in [9.17, 15) is 19.8 Å². The first-order chi connectivity index (χ1) is 29.8. The van der Waals surface area contributed by atoms with Crippen LogP contribution < -0.4 is 11.0 Å². The van der Waals surface area contributed by atoms with Crippen molar-refractivity contribution in [2.24, 2.45) is 20.5 Å². The molecule has 0 radical (unpaired) electrons. The van der Waals surface area contributed by atoms with E-state index in [0.717, 1.165) is 16.5 Å². The fourth-order valence-electron chi connectivity index (χ4n) is 8.18. The van der Waals surface area contributed by atoms with Crippen LogP contribution in [0.2, 0.25) is 5.02 Å². The maximum atomic E-state index is 13.9. The Morgan fingerprint density at radius 1 is 0.639 bits per heavy atom. The maximum absolute atomic E-state index is 13.9. The molecule has 12 nitrogen and oxygen atoms in total. The van der Waals surface area contributed by atoms with Gasteiger partial charge in [-0.25, -0.2) is 4.98 Å². The molecule has 11 rings (SSSR count). The van der Waals surface area contributed by atoms with Gasteiger partial charge >= 0.3 is 0 Å². The van der Waals surface area contributed by atoms with Crippen LogP contribution in [0.15, 0.2) is 165 Å². The molecule has 2 aromatic heterocycles. The molecule has 3 N–H and O–H groups in total. The molecule has 2 heterocycles. The van der Waals surface area contributed by atoms with E-state index in [4.69, 9.17) is 21.4 Å². The predicted molar refractivity (Wildman–Crippen MR) is 236 cm³/mol. The molecule has 61 heavy (non-hydrogen) atoms. The van der Waals surface area contributed by atoms with Gasteiger partial charge in [-0.3, -0.25) is 24.3 Å². The normalized spacial score (nSPS) is 12.6. The van der Waals surface area contributed by atoms with Crippen molar-refractivity contribution in [2.75, 3.05) is 5.48 Å². The first kappa shape index (κ1) is 36.1. The summed E-state index contributed by atoms with van der Waals surface area (Å²) in [7, 11) is 0. The number of phenolic OH excluding ortho intramolecular Hbond substituents is 2. The van der Waals surface area contributed by atoms with Crippen LogP contribution in [0, 0.1) is 0 Å². The number of imidazole rings is 1. The van der Waals surface area contributed by atoms with Crippen molar-refractivity contribution < 1.29 is 19.8 Å². The highest BCUT2D eigenvalue weighted by Gasteiger charge is 2.28. The number of benzene rings is 8. The van der Waals surface area contributed by atoms with E-state index >= 15 is 0 Å². The fourth-order valence-corrected chi connectivity index (χ4v) is 8.37. The molecule has 0 bridgehead atoms. The number of fused-ring (bicyclic) bond motifs is 8. The first-order valence-electron chi connectivity index (χ1n) is 19.2. The van der Waals surface area contributed by atoms with Crippen molar-refractivity contribution in [1.29, 1.82) is 0 Å². The molecule has 0 aliphatic heterocycles. The summed E-state index contributed by atoms with van der Waals surface area (Å²) in [6, 6.07) is 41.2. The highest BCUT2D eigenvalue weighted by molar-refractivity contribution is 6.30. The van der Waals surface area contributed by atoms with Gasteiger partial charge in [0.2, 0.25) is 0 Å². The molecule has 10 aromatic rings. The van der Waals surface area contributed by atoms with Gasteiger partial charge in [0, 0.05) is 48.6 Å². The zero-order chi connectivity index (χ0) is 41.4. The van der Waals surface area contributed by atoms with E-state index in [1.807, 2.05) is 72.8 Å². The Morgan fingerprint density at radius 3 is 2.11 bits per heavy atom. The Balaban J connectivity index is 0.883. The lowest BCUT2D eigenvalue weighted by molar-refractivity contribution is 0.104. The molecule has 0 saturated carbocycles. The average molecular weight is 818 g/mol. The quantitative estimate of drug-likeness (QED) is 0.101. The molecule has 0 unspecified atom stereocenters. The number of anilines is 1. The predicted octanol–water partition coefficient (Wildman–Crippen LogP) is 12.4. The van der Waals surface area contributed by atoms with Gasteiger partial charge in [-0.2, -0.15) is 10.2 Å². The number of carbonyl (C=O) groups excluding carboxylic acids is 1. The van der Waals surface area contributed by atoms with E-state index in [1.165, 1.54) is 0 Å². The Bertz CT molecular complexity index is 3620. The molecule has 0 atom stereocenters. The Kier molecular flexibility index (Phi) is 8.30. The minimum Gasteiger partial charge on any atom is -0.506 e. The van der Waals surface area contributed by atoms with Crippen molar-refractivity contribution in [2.45, 2.75) is 6.61 Å². The van der Waals surface area contributed by atoms with Gasteiger partial charge < -0.3 is 10.2 Å². The lowest BCUT2D eigenvalue weighted by Gasteiger charge is -2.12. The summed E-state index contributed by atoms with van der Waals surface area (Å²) in [5.41, 5.74) is 9.20. The molecule has 0 fully saturated rings. The van der Waals surface area contributed by atoms with Gasteiger partial charge in [0.05, 0.1) is 28.1 Å². The van der Waals surface area contributed by atoms with E-state index in [1.54, 1.807) is 71.1 Å². The van der Waals surface area contributed by atoms with Gasteiger partial charge in [-0.15, -0.1) is 10.2 Å². The van der Waals surface area contributed by atoms with Crippen LogP contribution in [0.1, 0.15) is 21.5 Å². The lowest BCUT2D eigenvalue weighted by atomic mass is 10.0. The Morgan fingerprint density at radius 2 is 1.33 bits per heavy atom. The molecule has 0 amide bonds. The summed E-state index contributed by atoms with van der Waals surface area (Å²) in [5, 5.41) is 44.9. The number of para-hydroxylation sites is 2. The number of nitrogens with one attached hydrogen (secondary N) is 1. The molecule has 1 aliphatic carbocycles. The molecule has 0 saturated heterocycles. The van der Waals surface area contributed by atoms with Gasteiger partial charge in [0.1, 0.15) is 35.1 Å². The number of pyridine rings is 1. The van der Waals surface area contributed by atoms with Gasteiger partial charge in [0.15, 0.2) is 5.78 Å². The van der Waals surface area contributed by atoms with Gasteiger partial charge in [-0.1, -0.05) is 78.3 Å². The third-order valence-electron chi connectivity index (χ3n) is 11.0. The number of hydrogen-bond donors (Lipinski definition) is 3. The number of ketones is 1. The molecular weight excluding hydrogens is 790 g/mol. The number of halogens is 1. The smallest absolute Gasteiger partial charge is 0.264 e. The van der Waals surface area contributed by atoms with Gasteiger partial charge in [0.25, 0.3) is 5.56 Å². The number of carbonyl (C=O) groups is 1. The van der Waals surface area contributed by atoms with Crippen LogP contribution in [0.3, 0.4) is 0 Å². The van der Waals surface area contributed by atoms with Crippen molar-refractivity contribution >= 4 is 94.8 Å². The highest BCUT2D eigenvalue weighted by Crippen LogP contribution is 2.45. The number of azo groups is 2. The number of aromatic nitrogens is 2. The number of nitrogens with zero attached hydrogens (tertiary/aromatic N) is 6. The van der Waals surface area contributed by atoms with Crippen molar-refractivity contribution in [1.82, 2.24) is 9.38 Å². The Hall–Kier alpha value is -8.06. The number of aromatic hydroxyl groups is 2. The lowest BCUT2D eigenvalue weighted by Crippen LogP contribution is -2.13. The molecular formula is C48H28ClN7O5. The van der Waals surface area contributed by atoms with Crippen LogP contribution in [0.5, 0.6) is 11.5 Å². The zero-order valence-electron chi connectivity index (χ0n) is 31.7. The van der Waals surface area contributed by atoms with E-state index in [-0.39, 0.29) is 40.8 Å². The summed E-state index contributed by atoms with van der Waals surface area (Å²) in [5.74, 6) is -0.434. The van der Waals surface area contributed by atoms with Crippen LogP contribution in [0.4, 0.5) is 28.4 Å². The highest BCUT2D eigenvalue weighted by atomic mass is 35.5. The third kappa shape index (κ3) is 5.92. The van der Waals surface area contributed by atoms with Crippen LogP contribution in [0.25, 0.3) is 60.1 Å². The molecule has 13 heteroatoms. The second-order valence-electron chi connectivity index (χ2n) is 14.6. The minimum atomic E-state index is -0.220. The molecule has 1 aliphatic rings. The molecule has 0 spiro atoms. The summed E-state index contributed by atoms with van der Waals surface area (Å²) in [4.78, 5) is 38.1. The topological polar surface area (TPSA) is 163 Å². The van der Waals surface area contributed by atoms with E-state index < -0.39 is 0 Å². The van der Waals surface area contributed by atoms with E-state index in [2.05, 4.69) is 25.9 Å². The average Bonchev–Trinajstić information content (AvgIpc) is 3.80. The van der Waals surface area contributed by atoms with Gasteiger partial charge in [-0.05, 0) is 89.3 Å². The summed E-state index contributed by atoms with van der Waals surface area (Å²) < 4.78 is 1.57. The fraction of sp³-hybridized carbons (Fsp3) is 0.0208. The summed E-state index contributed by atoms with van der Waals surface area (Å²) in [6.07, 6.45) is 0. The van der Waals surface area contributed by atoms with Crippen molar-refractivity contribution in [3.8, 4) is 22.6 Å². The largest absolute Gasteiger partial charge is 0.506 e. The number of phenols is 2.